The molecule has 44 heavy (non-hydrogen) atoms. The van der Waals surface area contributed by atoms with E-state index in [1.54, 1.807) is 6.20 Å². The molecule has 1 aromatic heterocycles. The van der Waals surface area contributed by atoms with E-state index in [9.17, 15) is 10.1 Å². The van der Waals surface area contributed by atoms with E-state index >= 15 is 0 Å². The van der Waals surface area contributed by atoms with Crippen LogP contribution in [-0.4, -0.2) is 34.2 Å². The van der Waals surface area contributed by atoms with Crippen molar-refractivity contribution in [3.63, 3.8) is 0 Å². The Morgan fingerprint density at radius 3 is 2.39 bits per heavy atom. The van der Waals surface area contributed by atoms with Gasteiger partial charge in [0.1, 0.15) is 23.1 Å². The highest BCUT2D eigenvalue weighted by Gasteiger charge is 2.55. The first kappa shape index (κ1) is 29.9. The number of hydrogen-bond donors (Lipinski definition) is 4. The first-order chi connectivity index (χ1) is 21.1. The van der Waals surface area contributed by atoms with Gasteiger partial charge in [0.15, 0.2) is 0 Å². The van der Waals surface area contributed by atoms with Gasteiger partial charge in [0.25, 0.3) is 0 Å². The summed E-state index contributed by atoms with van der Waals surface area (Å²) in [6.07, 6.45) is 6.87. The van der Waals surface area contributed by atoms with E-state index in [1.165, 1.54) is 6.42 Å². The Bertz CT molecular complexity index is 1540. The van der Waals surface area contributed by atoms with Crippen LogP contribution < -0.4 is 21.7 Å². The number of nitrogens with two attached hydrogens (primary N) is 1. The lowest BCUT2D eigenvalue weighted by Crippen LogP contribution is -2.60. The van der Waals surface area contributed by atoms with Gasteiger partial charge in [0.2, 0.25) is 5.95 Å². The van der Waals surface area contributed by atoms with Crippen LogP contribution in [0.3, 0.4) is 0 Å². The first-order valence-corrected chi connectivity index (χ1v) is 15.7. The van der Waals surface area contributed by atoms with Gasteiger partial charge in [-0.25, -0.2) is 9.78 Å². The summed E-state index contributed by atoms with van der Waals surface area (Å²) in [4.78, 5) is 21.7. The second kappa shape index (κ2) is 12.1. The SMILES string of the molecule is CC(C)(C)OC(=O)N[C@H]1[C@@H]2CC3C[C@H]1C[C@@](CNc1nc(NCc4cccc(-c5cccc(CN)c5)c4)ncc1C#N)(C3)C2. The van der Waals surface area contributed by atoms with Crippen molar-refractivity contribution >= 4 is 17.9 Å². The predicted octanol–water partition coefficient (Wildman–Crippen LogP) is 6.22. The predicted molar refractivity (Wildman–Crippen MR) is 171 cm³/mol. The highest BCUT2D eigenvalue weighted by atomic mass is 16.6. The minimum absolute atomic E-state index is 0.134. The summed E-state index contributed by atoms with van der Waals surface area (Å²) in [5.74, 6) is 2.62. The maximum absolute atomic E-state index is 12.6. The standard InChI is InChI=1S/C35H43N7O2/c1-34(2,3)44-33(43)41-30-27-12-24-13-28(30)16-35(14-24,15-27)21-40-31-29(18-37)20-39-32(42-31)38-19-23-7-5-9-26(11-23)25-8-4-6-22(10-25)17-36/h4-11,20,24,27-28,30H,12-17,19,21,36H2,1-3H3,(H,41,43)(H2,38,39,40,42)/t24?,27-,28+,30+,35-. The summed E-state index contributed by atoms with van der Waals surface area (Å²) in [5.41, 5.74) is 10.4. The molecule has 0 spiro atoms. The van der Waals surface area contributed by atoms with Crippen LogP contribution in [0.2, 0.25) is 0 Å². The molecule has 5 N–H and O–H groups in total. The number of nitrogens with one attached hydrogen (secondary N) is 3. The van der Waals surface area contributed by atoms with Crippen LogP contribution in [0.5, 0.6) is 0 Å². The lowest BCUT2D eigenvalue weighted by molar-refractivity contribution is -0.0703. The third kappa shape index (κ3) is 6.66. The van der Waals surface area contributed by atoms with Crippen LogP contribution in [-0.2, 0) is 17.8 Å². The minimum atomic E-state index is -0.508. The van der Waals surface area contributed by atoms with Gasteiger partial charge >= 0.3 is 6.09 Å². The molecule has 5 atom stereocenters. The number of rotatable bonds is 9. The lowest BCUT2D eigenvalue weighted by Gasteiger charge is -2.60. The first-order valence-electron chi connectivity index (χ1n) is 15.7. The number of carbonyl (C=O) groups is 1. The second-order valence-corrected chi connectivity index (χ2v) is 14.0. The number of anilines is 2. The molecular weight excluding hydrogens is 550 g/mol. The molecule has 2 aromatic carbocycles. The van der Waals surface area contributed by atoms with Gasteiger partial charge in [-0.15, -0.1) is 0 Å². The van der Waals surface area contributed by atoms with Crippen LogP contribution in [0, 0.1) is 34.5 Å². The summed E-state index contributed by atoms with van der Waals surface area (Å²) in [7, 11) is 0. The minimum Gasteiger partial charge on any atom is -0.444 e. The van der Waals surface area contributed by atoms with Crippen molar-refractivity contribution < 1.29 is 9.53 Å². The maximum Gasteiger partial charge on any atom is 0.407 e. The topological polar surface area (TPSA) is 138 Å². The van der Waals surface area contributed by atoms with Crippen LogP contribution in [0.1, 0.15) is 69.6 Å². The highest BCUT2D eigenvalue weighted by Crippen LogP contribution is 2.60. The van der Waals surface area contributed by atoms with Gasteiger partial charge in [0.05, 0.1) is 6.20 Å². The zero-order chi connectivity index (χ0) is 30.9. The molecule has 7 rings (SSSR count). The Balaban J connectivity index is 1.10. The number of benzene rings is 2. The van der Waals surface area contributed by atoms with Gasteiger partial charge in [-0.3, -0.25) is 0 Å². The van der Waals surface area contributed by atoms with Gasteiger partial charge < -0.3 is 26.4 Å². The summed E-state index contributed by atoms with van der Waals surface area (Å²) < 4.78 is 5.58. The maximum atomic E-state index is 12.6. The van der Waals surface area contributed by atoms with Crippen molar-refractivity contribution in [3.8, 4) is 17.2 Å². The van der Waals surface area contributed by atoms with E-state index in [2.05, 4.69) is 57.3 Å². The van der Waals surface area contributed by atoms with Crippen molar-refractivity contribution in [3.05, 3.63) is 71.4 Å². The van der Waals surface area contributed by atoms with Crippen molar-refractivity contribution in [2.24, 2.45) is 28.9 Å². The summed E-state index contributed by atoms with van der Waals surface area (Å²) in [6.45, 7) is 7.51. The second-order valence-electron chi connectivity index (χ2n) is 14.0. The van der Waals surface area contributed by atoms with E-state index in [-0.39, 0.29) is 17.6 Å². The number of hydrogen-bond acceptors (Lipinski definition) is 8. The number of ether oxygens (including phenoxy) is 1. The fourth-order valence-corrected chi connectivity index (χ4v) is 7.96. The van der Waals surface area contributed by atoms with Crippen LogP contribution in [0.25, 0.3) is 11.1 Å². The number of carbonyl (C=O) groups excluding carboxylic acids is 1. The molecule has 3 aromatic rings. The van der Waals surface area contributed by atoms with E-state index in [1.807, 2.05) is 39.0 Å². The molecule has 230 valence electrons. The number of aromatic nitrogens is 2. The number of nitrogens with zero attached hydrogens (tertiary/aromatic N) is 3. The quantitative estimate of drug-likeness (QED) is 0.230. The molecule has 9 heteroatoms. The lowest BCUT2D eigenvalue weighted by atomic mass is 9.48. The smallest absolute Gasteiger partial charge is 0.407 e. The van der Waals surface area contributed by atoms with E-state index in [0.29, 0.717) is 48.2 Å². The molecule has 1 unspecified atom stereocenters. The third-order valence-electron chi connectivity index (χ3n) is 9.50. The molecule has 0 aliphatic heterocycles. The number of amides is 1. The van der Waals surface area contributed by atoms with Crippen molar-refractivity contribution in [2.45, 2.75) is 77.6 Å². The van der Waals surface area contributed by atoms with Gasteiger partial charge in [0, 0.05) is 25.7 Å². The van der Waals surface area contributed by atoms with Crippen molar-refractivity contribution in [1.29, 1.82) is 5.26 Å². The summed E-state index contributed by atoms with van der Waals surface area (Å²) in [5, 5.41) is 19.9. The Morgan fingerprint density at radius 1 is 1.05 bits per heavy atom. The highest BCUT2D eigenvalue weighted by molar-refractivity contribution is 5.68. The Labute approximate surface area is 260 Å². The fraction of sp³-hybridized carbons (Fsp3) is 0.486. The average Bonchev–Trinajstić information content (AvgIpc) is 3.00. The molecular formula is C35H43N7O2. The molecule has 4 bridgehead atoms. The molecule has 0 saturated heterocycles. The number of nitriles is 1. The van der Waals surface area contributed by atoms with E-state index < -0.39 is 5.60 Å². The molecule has 1 amide bonds. The largest absolute Gasteiger partial charge is 0.444 e. The number of alkyl carbamates (subject to hydrolysis) is 1. The van der Waals surface area contributed by atoms with E-state index in [4.69, 9.17) is 15.5 Å². The molecule has 1 heterocycles. The Hall–Kier alpha value is -4.16. The Kier molecular flexibility index (Phi) is 8.21. The molecule has 4 saturated carbocycles. The van der Waals surface area contributed by atoms with E-state index in [0.717, 1.165) is 54.5 Å². The molecule has 4 fully saturated rings. The van der Waals surface area contributed by atoms with Gasteiger partial charge in [-0.2, -0.15) is 10.2 Å². The zero-order valence-electron chi connectivity index (χ0n) is 25.9. The molecule has 9 nitrogen and oxygen atoms in total. The third-order valence-corrected chi connectivity index (χ3v) is 9.50. The normalized spacial score (nSPS) is 25.2. The van der Waals surface area contributed by atoms with Gasteiger partial charge in [-0.05, 0) is 110 Å². The fourth-order valence-electron chi connectivity index (χ4n) is 7.96. The van der Waals surface area contributed by atoms with Crippen LogP contribution in [0.15, 0.2) is 54.7 Å². The summed E-state index contributed by atoms with van der Waals surface area (Å²) >= 11 is 0. The zero-order valence-corrected chi connectivity index (χ0v) is 25.9. The Morgan fingerprint density at radius 2 is 1.73 bits per heavy atom. The van der Waals surface area contributed by atoms with Crippen LogP contribution >= 0.6 is 0 Å². The average molecular weight is 594 g/mol. The molecule has 4 aliphatic rings. The molecule has 4 aliphatic carbocycles. The molecule has 0 radical (unpaired) electrons. The summed E-state index contributed by atoms with van der Waals surface area (Å²) in [6, 6.07) is 19.1. The van der Waals surface area contributed by atoms with Crippen molar-refractivity contribution in [2.75, 3.05) is 17.2 Å². The van der Waals surface area contributed by atoms with Crippen molar-refractivity contribution in [1.82, 2.24) is 15.3 Å². The van der Waals surface area contributed by atoms with Gasteiger partial charge in [-0.1, -0.05) is 36.4 Å². The monoisotopic (exact) mass is 593 g/mol. The van der Waals surface area contributed by atoms with Crippen LogP contribution in [0.4, 0.5) is 16.6 Å².